The lowest BCUT2D eigenvalue weighted by Gasteiger charge is -2.28. The van der Waals surface area contributed by atoms with Crippen molar-refractivity contribution in [3.05, 3.63) is 0 Å². The van der Waals surface area contributed by atoms with Crippen molar-refractivity contribution >= 4 is 0 Å². The van der Waals surface area contributed by atoms with Gasteiger partial charge >= 0.3 is 0 Å². The van der Waals surface area contributed by atoms with Gasteiger partial charge in [0.05, 0.1) is 6.10 Å². The Kier molecular flexibility index (Phi) is 18.8. The highest BCUT2D eigenvalue weighted by atomic mass is 16.6. The van der Waals surface area contributed by atoms with E-state index in [-0.39, 0.29) is 11.6 Å². The highest BCUT2D eigenvalue weighted by Crippen LogP contribution is 2.22. The van der Waals surface area contributed by atoms with Gasteiger partial charge in [-0.3, -0.25) is 0 Å². The largest absolute Gasteiger partial charge is 0.412 e. The molecule has 1 rings (SSSR count). The van der Waals surface area contributed by atoms with Crippen LogP contribution in [0.25, 0.3) is 0 Å². The Labute approximate surface area is 95.1 Å². The first-order chi connectivity index (χ1) is 6.60. The molecule has 0 aromatic heterocycles. The maximum atomic E-state index is 9.03. The molecule has 1 fully saturated rings. The van der Waals surface area contributed by atoms with E-state index in [9.17, 15) is 0 Å². The summed E-state index contributed by atoms with van der Waals surface area (Å²) < 4.78 is 5.11. The summed E-state index contributed by atoms with van der Waals surface area (Å²) in [5, 5.41) is 9.03. The second-order valence-electron chi connectivity index (χ2n) is 3.69. The molecule has 0 radical (unpaired) electrons. The van der Waals surface area contributed by atoms with Gasteiger partial charge in [0.15, 0.2) is 6.29 Å². The van der Waals surface area contributed by atoms with Gasteiger partial charge in [0.2, 0.25) is 0 Å². The fourth-order valence-corrected chi connectivity index (χ4v) is 1.39. The molecule has 3 nitrogen and oxygen atoms in total. The van der Waals surface area contributed by atoms with Crippen LogP contribution in [0.2, 0.25) is 0 Å². The van der Waals surface area contributed by atoms with E-state index < -0.39 is 6.29 Å². The zero-order chi connectivity index (χ0) is 11.6. The number of ether oxygens (including phenoxy) is 1. The molecule has 96 valence electrons. The SMILES string of the molecule is CC.CC1C[C@@H](C)O[C@@H](O)C1.CCC.O. The summed E-state index contributed by atoms with van der Waals surface area (Å²) in [6, 6.07) is 0. The van der Waals surface area contributed by atoms with E-state index in [4.69, 9.17) is 9.84 Å². The van der Waals surface area contributed by atoms with Gasteiger partial charge in [0.1, 0.15) is 0 Å². The van der Waals surface area contributed by atoms with E-state index in [0.29, 0.717) is 5.92 Å². The Hall–Kier alpha value is -0.120. The zero-order valence-electron chi connectivity index (χ0n) is 11.2. The average Bonchev–Trinajstić information content (AvgIpc) is 2.06. The van der Waals surface area contributed by atoms with Crippen molar-refractivity contribution < 1.29 is 15.3 Å². The molecule has 1 saturated heterocycles. The Morgan fingerprint density at radius 1 is 1.13 bits per heavy atom. The molecule has 1 unspecified atom stereocenters. The predicted octanol–water partition coefficient (Wildman–Crippen LogP) is 2.76. The minimum Gasteiger partial charge on any atom is -0.412 e. The summed E-state index contributed by atoms with van der Waals surface area (Å²) in [5.41, 5.74) is 0. The topological polar surface area (TPSA) is 61.0 Å². The molecule has 0 spiro atoms. The van der Waals surface area contributed by atoms with Gasteiger partial charge in [-0.05, 0) is 19.3 Å². The molecular weight excluding hydrogens is 192 g/mol. The molecule has 1 aliphatic heterocycles. The van der Waals surface area contributed by atoms with Crippen LogP contribution in [-0.2, 0) is 4.74 Å². The first kappa shape index (κ1) is 20.3. The van der Waals surface area contributed by atoms with Gasteiger partial charge in [-0.15, -0.1) is 0 Å². The van der Waals surface area contributed by atoms with Crippen LogP contribution in [0.5, 0.6) is 0 Å². The molecule has 0 aliphatic carbocycles. The number of rotatable bonds is 0. The van der Waals surface area contributed by atoms with Gasteiger partial charge in [-0.1, -0.05) is 41.0 Å². The van der Waals surface area contributed by atoms with Gasteiger partial charge in [0, 0.05) is 6.42 Å². The zero-order valence-corrected chi connectivity index (χ0v) is 11.2. The quantitative estimate of drug-likeness (QED) is 0.685. The lowest BCUT2D eigenvalue weighted by atomic mass is 9.98. The third kappa shape index (κ3) is 13.9. The molecule has 0 aromatic carbocycles. The van der Waals surface area contributed by atoms with Crippen molar-refractivity contribution in [1.82, 2.24) is 0 Å². The summed E-state index contributed by atoms with van der Waals surface area (Å²) in [4.78, 5) is 0. The standard InChI is InChI=1S/C7H14O2.C3H8.C2H6.H2O/c1-5-3-6(2)9-7(8)4-5;1-3-2;1-2;/h5-8H,3-4H2,1-2H3;3H2,1-2H3;1-2H3;1H2/t5?,6-,7-;;;/m1.../s1. The van der Waals surface area contributed by atoms with Crippen LogP contribution in [0.3, 0.4) is 0 Å². The summed E-state index contributed by atoms with van der Waals surface area (Å²) in [7, 11) is 0. The van der Waals surface area contributed by atoms with Crippen molar-refractivity contribution in [2.45, 2.75) is 73.2 Å². The van der Waals surface area contributed by atoms with Crippen molar-refractivity contribution in [2.75, 3.05) is 0 Å². The molecule has 0 amide bonds. The minimum absolute atomic E-state index is 0. The normalized spacial score (nSPS) is 28.6. The van der Waals surface area contributed by atoms with Crippen LogP contribution in [-0.4, -0.2) is 23.0 Å². The second kappa shape index (κ2) is 13.9. The van der Waals surface area contributed by atoms with Crippen LogP contribution in [0.4, 0.5) is 0 Å². The fourth-order valence-electron chi connectivity index (χ4n) is 1.39. The number of aliphatic hydroxyl groups is 1. The lowest BCUT2D eigenvalue weighted by molar-refractivity contribution is -0.169. The monoisotopic (exact) mass is 222 g/mol. The Morgan fingerprint density at radius 2 is 1.53 bits per heavy atom. The maximum absolute atomic E-state index is 9.03. The Morgan fingerprint density at radius 3 is 1.80 bits per heavy atom. The smallest absolute Gasteiger partial charge is 0.155 e. The van der Waals surface area contributed by atoms with E-state index in [2.05, 4.69) is 20.8 Å². The van der Waals surface area contributed by atoms with Crippen molar-refractivity contribution in [3.63, 3.8) is 0 Å². The van der Waals surface area contributed by atoms with Crippen molar-refractivity contribution in [1.29, 1.82) is 0 Å². The molecule has 3 heteroatoms. The van der Waals surface area contributed by atoms with Crippen LogP contribution < -0.4 is 0 Å². The van der Waals surface area contributed by atoms with E-state index in [1.54, 1.807) is 0 Å². The van der Waals surface area contributed by atoms with Gasteiger partial charge < -0.3 is 15.3 Å². The fraction of sp³-hybridized carbons (Fsp3) is 1.00. The summed E-state index contributed by atoms with van der Waals surface area (Å²) in [5.74, 6) is 0.615. The summed E-state index contributed by atoms with van der Waals surface area (Å²) in [6.07, 6.45) is 2.86. The predicted molar refractivity (Wildman–Crippen MR) is 65.9 cm³/mol. The molecule has 0 bridgehead atoms. The molecule has 15 heavy (non-hydrogen) atoms. The molecule has 3 N–H and O–H groups in total. The van der Waals surface area contributed by atoms with Crippen molar-refractivity contribution in [3.8, 4) is 0 Å². The summed E-state index contributed by atoms with van der Waals surface area (Å²) >= 11 is 0. The second-order valence-corrected chi connectivity index (χ2v) is 3.69. The van der Waals surface area contributed by atoms with Crippen LogP contribution >= 0.6 is 0 Å². The Balaban J connectivity index is -0.000000209. The van der Waals surface area contributed by atoms with Gasteiger partial charge in [-0.25, -0.2) is 0 Å². The highest BCUT2D eigenvalue weighted by molar-refractivity contribution is 4.66. The number of hydrogen-bond donors (Lipinski definition) is 1. The third-order valence-electron chi connectivity index (χ3n) is 1.73. The van der Waals surface area contributed by atoms with Crippen molar-refractivity contribution in [2.24, 2.45) is 5.92 Å². The molecule has 1 heterocycles. The third-order valence-corrected chi connectivity index (χ3v) is 1.73. The van der Waals surface area contributed by atoms with E-state index in [0.717, 1.165) is 12.8 Å². The molecule has 0 saturated carbocycles. The van der Waals surface area contributed by atoms with Crippen LogP contribution in [0, 0.1) is 5.92 Å². The first-order valence-corrected chi connectivity index (χ1v) is 5.93. The van der Waals surface area contributed by atoms with Crippen LogP contribution in [0.15, 0.2) is 0 Å². The van der Waals surface area contributed by atoms with E-state index >= 15 is 0 Å². The number of aliphatic hydroxyl groups excluding tert-OH is 1. The Bertz CT molecular complexity index is 82.0. The number of hydrogen-bond acceptors (Lipinski definition) is 2. The van der Waals surface area contributed by atoms with E-state index in [1.165, 1.54) is 6.42 Å². The average molecular weight is 222 g/mol. The molecule has 3 atom stereocenters. The van der Waals surface area contributed by atoms with Gasteiger partial charge in [0.25, 0.3) is 0 Å². The first-order valence-electron chi connectivity index (χ1n) is 5.93. The van der Waals surface area contributed by atoms with Crippen LogP contribution in [0.1, 0.15) is 60.8 Å². The summed E-state index contributed by atoms with van der Waals surface area (Å²) in [6.45, 7) is 12.4. The van der Waals surface area contributed by atoms with Gasteiger partial charge in [-0.2, -0.15) is 0 Å². The van der Waals surface area contributed by atoms with E-state index in [1.807, 2.05) is 20.8 Å². The maximum Gasteiger partial charge on any atom is 0.155 e. The lowest BCUT2D eigenvalue weighted by Crippen LogP contribution is -2.29. The molecule has 0 aromatic rings. The molecule has 1 aliphatic rings. The minimum atomic E-state index is -0.510. The molecular formula is C12H30O3. The highest BCUT2D eigenvalue weighted by Gasteiger charge is 2.21.